The number of hydrogen-bond acceptors (Lipinski definition) is 5. The molecule has 110 valence electrons. The highest BCUT2D eigenvalue weighted by atomic mass is 79.9. The average Bonchev–Trinajstić information content (AvgIpc) is 2.73. The molecule has 0 aliphatic carbocycles. The Bertz CT molecular complexity index is 599. The van der Waals surface area contributed by atoms with Crippen molar-refractivity contribution >= 4 is 48.9 Å². The third kappa shape index (κ3) is 3.93. The second-order valence-electron chi connectivity index (χ2n) is 4.52. The first kappa shape index (κ1) is 16.2. The van der Waals surface area contributed by atoms with Crippen molar-refractivity contribution < 1.29 is 8.42 Å². The molecule has 1 aromatic rings. The fraction of sp³-hybridized carbons (Fsp3) is 0.545. The minimum atomic E-state index is -3.52. The lowest BCUT2D eigenvalue weighted by Gasteiger charge is -2.30. The maximum atomic E-state index is 12.2. The molecule has 1 N–H and O–H groups in total. The zero-order valence-corrected chi connectivity index (χ0v) is 14.4. The van der Waals surface area contributed by atoms with Crippen LogP contribution in [0, 0.1) is 11.3 Å². The molecular formula is C11H13BrClN3O2S2. The molecule has 20 heavy (non-hydrogen) atoms. The van der Waals surface area contributed by atoms with E-state index in [1.807, 2.05) is 4.90 Å². The van der Waals surface area contributed by atoms with Crippen LogP contribution in [0.1, 0.15) is 12.8 Å². The van der Waals surface area contributed by atoms with Crippen molar-refractivity contribution in [1.82, 2.24) is 9.62 Å². The topological polar surface area (TPSA) is 73.2 Å². The van der Waals surface area contributed by atoms with Crippen LogP contribution in [0.15, 0.2) is 14.1 Å². The first-order valence-electron chi connectivity index (χ1n) is 5.99. The molecule has 0 saturated carbocycles. The van der Waals surface area contributed by atoms with Gasteiger partial charge in [-0.25, -0.2) is 13.1 Å². The third-order valence-electron chi connectivity index (χ3n) is 3.09. The second kappa shape index (κ2) is 6.73. The van der Waals surface area contributed by atoms with Crippen molar-refractivity contribution in [1.29, 1.82) is 5.26 Å². The van der Waals surface area contributed by atoms with Crippen LogP contribution in [-0.4, -0.2) is 39.0 Å². The summed E-state index contributed by atoms with van der Waals surface area (Å²) in [5.41, 5.74) is 0. The molecule has 0 amide bonds. The smallest absolute Gasteiger partial charge is 0.250 e. The summed E-state index contributed by atoms with van der Waals surface area (Å²) in [6.07, 6.45) is 1.42. The zero-order chi connectivity index (χ0) is 14.8. The predicted molar refractivity (Wildman–Crippen MR) is 82.4 cm³/mol. The van der Waals surface area contributed by atoms with E-state index in [4.69, 9.17) is 16.9 Å². The van der Waals surface area contributed by atoms with Gasteiger partial charge in [-0.05, 0) is 34.8 Å². The highest BCUT2D eigenvalue weighted by Crippen LogP contribution is 2.34. The molecule has 1 aromatic heterocycles. The summed E-state index contributed by atoms with van der Waals surface area (Å²) < 4.78 is 28.0. The minimum Gasteiger partial charge on any atom is -0.290 e. The van der Waals surface area contributed by atoms with Crippen molar-refractivity contribution in [3.05, 3.63) is 14.9 Å². The standard InChI is InChI=1S/C11H13BrClN3O2S2/c12-11-9(13)7-10(19-11)20(17,18)15-8-1-4-16(5-2-8)6-3-14/h7-8,15H,1-2,4-6H2. The molecule has 1 aliphatic heterocycles. The lowest BCUT2D eigenvalue weighted by molar-refractivity contribution is 0.229. The van der Waals surface area contributed by atoms with Gasteiger partial charge in [0.05, 0.1) is 21.4 Å². The van der Waals surface area contributed by atoms with Crippen LogP contribution >= 0.6 is 38.9 Å². The highest BCUT2D eigenvalue weighted by molar-refractivity contribution is 9.11. The molecule has 0 spiro atoms. The van der Waals surface area contributed by atoms with Gasteiger partial charge in [-0.1, -0.05) is 11.6 Å². The predicted octanol–water partition coefficient (Wildman–Crippen LogP) is 2.43. The quantitative estimate of drug-likeness (QED) is 0.791. The largest absolute Gasteiger partial charge is 0.290 e. The van der Waals surface area contributed by atoms with Gasteiger partial charge >= 0.3 is 0 Å². The lowest BCUT2D eigenvalue weighted by Crippen LogP contribution is -2.44. The summed E-state index contributed by atoms with van der Waals surface area (Å²) in [5, 5.41) is 9.03. The molecule has 5 nitrogen and oxygen atoms in total. The zero-order valence-electron chi connectivity index (χ0n) is 10.5. The van der Waals surface area contributed by atoms with Crippen LogP contribution in [0.5, 0.6) is 0 Å². The molecule has 1 saturated heterocycles. The Labute approximate surface area is 135 Å². The van der Waals surface area contributed by atoms with Crippen LogP contribution in [0.25, 0.3) is 0 Å². The molecule has 2 rings (SSSR count). The summed E-state index contributed by atoms with van der Waals surface area (Å²) in [6.45, 7) is 1.86. The summed E-state index contributed by atoms with van der Waals surface area (Å²) in [4.78, 5) is 2.02. The Morgan fingerprint density at radius 3 is 2.70 bits per heavy atom. The number of rotatable bonds is 4. The van der Waals surface area contributed by atoms with Crippen LogP contribution in [0.3, 0.4) is 0 Å². The van der Waals surface area contributed by atoms with Gasteiger partial charge in [-0.2, -0.15) is 5.26 Å². The van der Waals surface area contributed by atoms with Gasteiger partial charge in [-0.15, -0.1) is 11.3 Å². The van der Waals surface area contributed by atoms with Gasteiger partial charge in [0.25, 0.3) is 0 Å². The molecule has 0 aromatic carbocycles. The molecule has 0 bridgehead atoms. The molecule has 1 aliphatic rings. The number of nitrogens with zero attached hydrogens (tertiary/aromatic N) is 2. The van der Waals surface area contributed by atoms with Crippen LogP contribution in [0.2, 0.25) is 5.02 Å². The van der Waals surface area contributed by atoms with Gasteiger partial charge in [0.1, 0.15) is 4.21 Å². The summed E-state index contributed by atoms with van der Waals surface area (Å²) in [6, 6.07) is 3.46. The summed E-state index contributed by atoms with van der Waals surface area (Å²) in [5.74, 6) is 0. The normalized spacial score (nSPS) is 18.1. The van der Waals surface area contributed by atoms with Gasteiger partial charge in [0, 0.05) is 19.1 Å². The van der Waals surface area contributed by atoms with E-state index in [2.05, 4.69) is 26.7 Å². The average molecular weight is 399 g/mol. The summed E-state index contributed by atoms with van der Waals surface area (Å²) >= 11 is 10.2. The van der Waals surface area contributed by atoms with E-state index in [9.17, 15) is 8.42 Å². The Kier molecular flexibility index (Phi) is 5.45. The van der Waals surface area contributed by atoms with E-state index in [0.717, 1.165) is 24.4 Å². The van der Waals surface area contributed by atoms with Crippen molar-refractivity contribution in [3.8, 4) is 6.07 Å². The van der Waals surface area contributed by atoms with Crippen molar-refractivity contribution in [2.24, 2.45) is 0 Å². The van der Waals surface area contributed by atoms with Gasteiger partial charge < -0.3 is 0 Å². The third-order valence-corrected chi connectivity index (χ3v) is 7.56. The van der Waals surface area contributed by atoms with Crippen LogP contribution in [0.4, 0.5) is 0 Å². The van der Waals surface area contributed by atoms with Gasteiger partial charge in [-0.3, -0.25) is 4.90 Å². The second-order valence-corrected chi connectivity index (χ2v) is 9.24. The van der Waals surface area contributed by atoms with E-state index >= 15 is 0 Å². The fourth-order valence-corrected chi connectivity index (χ4v) is 5.77. The molecule has 0 unspecified atom stereocenters. The number of likely N-dealkylation sites (tertiary alicyclic amines) is 1. The number of nitrogens with one attached hydrogen (secondary N) is 1. The van der Waals surface area contributed by atoms with Crippen LogP contribution in [-0.2, 0) is 10.0 Å². The summed E-state index contributed by atoms with van der Waals surface area (Å²) in [7, 11) is -3.52. The monoisotopic (exact) mass is 397 g/mol. The van der Waals surface area contributed by atoms with Crippen molar-refractivity contribution in [3.63, 3.8) is 0 Å². The first-order chi connectivity index (χ1) is 9.42. The number of halogens is 2. The van der Waals surface area contributed by atoms with E-state index in [0.29, 0.717) is 28.2 Å². The van der Waals surface area contributed by atoms with Crippen molar-refractivity contribution in [2.75, 3.05) is 19.6 Å². The molecule has 0 atom stereocenters. The Morgan fingerprint density at radius 2 is 2.20 bits per heavy atom. The maximum absolute atomic E-state index is 12.2. The van der Waals surface area contributed by atoms with E-state index in [1.165, 1.54) is 6.07 Å². The van der Waals surface area contributed by atoms with Crippen molar-refractivity contribution in [2.45, 2.75) is 23.1 Å². The Balaban J connectivity index is 1.98. The number of nitriles is 1. The Morgan fingerprint density at radius 1 is 1.55 bits per heavy atom. The number of piperidine rings is 1. The Hall–Kier alpha value is -0.170. The SMILES string of the molecule is N#CCN1CCC(NS(=O)(=O)c2cc(Cl)c(Br)s2)CC1. The molecular weight excluding hydrogens is 386 g/mol. The molecule has 0 radical (unpaired) electrons. The highest BCUT2D eigenvalue weighted by Gasteiger charge is 2.26. The van der Waals surface area contributed by atoms with E-state index in [1.54, 1.807) is 0 Å². The molecule has 1 fully saturated rings. The van der Waals surface area contributed by atoms with E-state index in [-0.39, 0.29) is 10.3 Å². The van der Waals surface area contributed by atoms with E-state index < -0.39 is 10.0 Å². The molecule has 2 heterocycles. The first-order valence-corrected chi connectivity index (χ1v) is 9.46. The number of thiophene rings is 1. The molecule has 9 heteroatoms. The number of sulfonamides is 1. The van der Waals surface area contributed by atoms with Gasteiger partial charge in [0.2, 0.25) is 10.0 Å². The van der Waals surface area contributed by atoms with Crippen LogP contribution < -0.4 is 4.72 Å². The van der Waals surface area contributed by atoms with Gasteiger partial charge in [0.15, 0.2) is 0 Å². The lowest BCUT2D eigenvalue weighted by atomic mass is 10.1. The maximum Gasteiger partial charge on any atom is 0.250 e. The number of hydrogen-bond donors (Lipinski definition) is 1. The fourth-order valence-electron chi connectivity index (χ4n) is 2.05. The minimum absolute atomic E-state index is 0.0883.